The third-order valence-electron chi connectivity index (χ3n) is 2.53. The van der Waals surface area contributed by atoms with Crippen LogP contribution in [0.3, 0.4) is 0 Å². The molecule has 102 valence electrons. The number of hydrogen-bond acceptors (Lipinski definition) is 5. The van der Waals surface area contributed by atoms with Crippen molar-refractivity contribution in [2.45, 2.75) is 17.7 Å². The van der Waals surface area contributed by atoms with E-state index < -0.39 is 0 Å². The number of aryl methyl sites for hydroxylation is 1. The van der Waals surface area contributed by atoms with Crippen LogP contribution < -0.4 is 10.5 Å². The molecule has 0 bridgehead atoms. The van der Waals surface area contributed by atoms with Crippen LogP contribution in [0, 0.1) is 6.92 Å². The molecule has 2 rings (SSSR count). The van der Waals surface area contributed by atoms with Gasteiger partial charge in [0, 0.05) is 16.8 Å². The summed E-state index contributed by atoms with van der Waals surface area (Å²) in [6.07, 6.45) is 0.916. The first-order valence-corrected chi connectivity index (χ1v) is 8.11. The van der Waals surface area contributed by atoms with E-state index in [1.807, 2.05) is 19.1 Å². The molecule has 1 aromatic carbocycles. The molecule has 0 aliphatic heterocycles. The predicted octanol–water partition coefficient (Wildman–Crippen LogP) is 3.12. The number of nitrogens with two attached hydrogens (primary N) is 1. The Kier molecular flexibility index (Phi) is 5.69. The molecule has 0 saturated carbocycles. The van der Waals surface area contributed by atoms with Gasteiger partial charge in [0.25, 0.3) is 0 Å². The average molecular weight is 294 g/mol. The van der Waals surface area contributed by atoms with Crippen LogP contribution in [0.4, 0.5) is 0 Å². The van der Waals surface area contributed by atoms with Gasteiger partial charge in [0.1, 0.15) is 10.1 Å². The maximum Gasteiger partial charge on any atom is 0.150 e. The highest BCUT2D eigenvalue weighted by molar-refractivity contribution is 8.01. The van der Waals surface area contributed by atoms with Gasteiger partial charge in [-0.15, -0.1) is 11.3 Å². The van der Waals surface area contributed by atoms with Crippen LogP contribution in [0.5, 0.6) is 5.75 Å². The van der Waals surface area contributed by atoms with Crippen LogP contribution in [-0.2, 0) is 6.42 Å². The lowest BCUT2D eigenvalue weighted by Crippen LogP contribution is -2.03. The maximum atomic E-state index is 5.69. The van der Waals surface area contributed by atoms with Crippen LogP contribution in [0.2, 0.25) is 0 Å². The van der Waals surface area contributed by atoms with Crippen LogP contribution >= 0.6 is 23.1 Å². The van der Waals surface area contributed by atoms with E-state index in [2.05, 4.69) is 22.5 Å². The summed E-state index contributed by atoms with van der Waals surface area (Å²) in [7, 11) is 0. The summed E-state index contributed by atoms with van der Waals surface area (Å²) in [5.41, 5.74) is 7.85. The molecule has 0 fully saturated rings. The molecule has 1 aromatic heterocycles. The smallest absolute Gasteiger partial charge is 0.150 e. The van der Waals surface area contributed by atoms with Crippen molar-refractivity contribution in [2.75, 3.05) is 18.9 Å². The second-order valence-corrected chi connectivity index (χ2v) is 6.33. The Hall–Kier alpha value is -1.04. The Morgan fingerprint density at radius 1 is 1.32 bits per heavy atom. The first-order valence-electron chi connectivity index (χ1n) is 6.24. The number of rotatable bonds is 7. The second-order valence-electron chi connectivity index (χ2n) is 4.13. The number of hydrogen-bond donors (Lipinski definition) is 1. The zero-order valence-electron chi connectivity index (χ0n) is 11.0. The molecule has 1 heterocycles. The summed E-state index contributed by atoms with van der Waals surface area (Å²) in [5.74, 6) is 1.83. The lowest BCUT2D eigenvalue weighted by molar-refractivity contribution is 0.344. The molecule has 5 heteroatoms. The summed E-state index contributed by atoms with van der Waals surface area (Å²) in [5, 5.41) is 2.07. The first kappa shape index (κ1) is 14.4. The molecule has 2 aromatic rings. The highest BCUT2D eigenvalue weighted by Crippen LogP contribution is 2.22. The summed E-state index contributed by atoms with van der Waals surface area (Å²) < 4.78 is 6.80. The molecule has 0 unspecified atom stereocenters. The van der Waals surface area contributed by atoms with Crippen molar-refractivity contribution in [1.29, 1.82) is 0 Å². The predicted molar refractivity (Wildman–Crippen MR) is 82.3 cm³/mol. The third kappa shape index (κ3) is 4.86. The second kappa shape index (κ2) is 7.53. The van der Waals surface area contributed by atoms with E-state index in [-0.39, 0.29) is 0 Å². The Labute approximate surface area is 122 Å². The Bertz CT molecular complexity index is 496. The monoisotopic (exact) mass is 294 g/mol. The lowest BCUT2D eigenvalue weighted by Gasteiger charge is -2.06. The van der Waals surface area contributed by atoms with Crippen molar-refractivity contribution in [3.05, 3.63) is 40.9 Å². The fourth-order valence-electron chi connectivity index (χ4n) is 1.61. The van der Waals surface area contributed by atoms with Gasteiger partial charge in [-0.2, -0.15) is 0 Å². The molecule has 19 heavy (non-hydrogen) atoms. The van der Waals surface area contributed by atoms with Crippen molar-refractivity contribution >= 4 is 23.1 Å². The van der Waals surface area contributed by atoms with Crippen LogP contribution in [-0.4, -0.2) is 23.9 Å². The fourth-order valence-corrected chi connectivity index (χ4v) is 3.34. The minimum atomic E-state index is 0.685. The Morgan fingerprint density at radius 3 is 2.74 bits per heavy atom. The average Bonchev–Trinajstić information content (AvgIpc) is 2.83. The first-order chi connectivity index (χ1) is 9.28. The van der Waals surface area contributed by atoms with Crippen LogP contribution in [0.1, 0.15) is 11.3 Å². The zero-order valence-corrected chi connectivity index (χ0v) is 12.6. The van der Waals surface area contributed by atoms with E-state index in [9.17, 15) is 0 Å². The Morgan fingerprint density at radius 2 is 2.11 bits per heavy atom. The quantitative estimate of drug-likeness (QED) is 0.629. The minimum Gasteiger partial charge on any atom is -0.493 e. The van der Waals surface area contributed by atoms with Gasteiger partial charge in [0.05, 0.1) is 6.61 Å². The minimum absolute atomic E-state index is 0.685. The molecule has 3 nitrogen and oxygen atoms in total. The van der Waals surface area contributed by atoms with Crippen LogP contribution in [0.15, 0.2) is 34.0 Å². The van der Waals surface area contributed by atoms with Gasteiger partial charge in [0.2, 0.25) is 0 Å². The van der Waals surface area contributed by atoms with Crippen molar-refractivity contribution < 1.29 is 4.74 Å². The van der Waals surface area contributed by atoms with E-state index >= 15 is 0 Å². The number of benzene rings is 1. The van der Waals surface area contributed by atoms with E-state index in [0.717, 1.165) is 28.0 Å². The Balaban J connectivity index is 1.70. The standard InChI is InChI=1S/C14H18N2OS2/c1-11-10-19-14(16-11)18-9-8-17-13-4-2-12(3-5-13)6-7-15/h2-5,10H,6-9,15H2,1H3. The highest BCUT2D eigenvalue weighted by Gasteiger charge is 2.00. The molecule has 0 aliphatic carbocycles. The van der Waals surface area contributed by atoms with Crippen molar-refractivity contribution in [3.8, 4) is 5.75 Å². The van der Waals surface area contributed by atoms with E-state index in [1.165, 1.54) is 5.56 Å². The number of aromatic nitrogens is 1. The van der Waals surface area contributed by atoms with Gasteiger partial charge in [-0.25, -0.2) is 4.98 Å². The third-order valence-corrected chi connectivity index (χ3v) is 4.64. The normalized spacial score (nSPS) is 10.6. The summed E-state index contributed by atoms with van der Waals surface area (Å²) in [6, 6.07) is 8.14. The molecule has 2 N–H and O–H groups in total. The summed E-state index contributed by atoms with van der Waals surface area (Å²) in [6.45, 7) is 3.39. The molecule has 0 aliphatic rings. The molecule has 0 radical (unpaired) electrons. The van der Waals surface area contributed by atoms with Gasteiger partial charge < -0.3 is 10.5 Å². The van der Waals surface area contributed by atoms with Gasteiger partial charge in [0.15, 0.2) is 0 Å². The van der Waals surface area contributed by atoms with E-state index in [1.54, 1.807) is 23.1 Å². The molecule has 0 atom stereocenters. The number of nitrogens with zero attached hydrogens (tertiary/aromatic N) is 1. The van der Waals surface area contributed by atoms with Crippen molar-refractivity contribution in [1.82, 2.24) is 4.98 Å². The van der Waals surface area contributed by atoms with Crippen LogP contribution in [0.25, 0.3) is 0 Å². The highest BCUT2D eigenvalue weighted by atomic mass is 32.2. The molecule has 0 spiro atoms. The largest absolute Gasteiger partial charge is 0.493 e. The molecular weight excluding hydrogens is 276 g/mol. The van der Waals surface area contributed by atoms with E-state index in [0.29, 0.717) is 13.2 Å². The zero-order chi connectivity index (χ0) is 13.5. The fraction of sp³-hybridized carbons (Fsp3) is 0.357. The van der Waals surface area contributed by atoms with Gasteiger partial charge >= 0.3 is 0 Å². The van der Waals surface area contributed by atoms with Gasteiger partial charge in [-0.05, 0) is 37.6 Å². The summed E-state index contributed by atoms with van der Waals surface area (Å²) in [4.78, 5) is 4.40. The van der Waals surface area contributed by atoms with Gasteiger partial charge in [-0.3, -0.25) is 0 Å². The summed E-state index contributed by atoms with van der Waals surface area (Å²) >= 11 is 3.43. The number of ether oxygens (including phenoxy) is 1. The van der Waals surface area contributed by atoms with E-state index in [4.69, 9.17) is 10.5 Å². The molecular formula is C14H18N2OS2. The maximum absolute atomic E-state index is 5.69. The lowest BCUT2D eigenvalue weighted by atomic mass is 10.1. The van der Waals surface area contributed by atoms with Gasteiger partial charge in [-0.1, -0.05) is 23.9 Å². The molecule has 0 saturated heterocycles. The topological polar surface area (TPSA) is 48.1 Å². The number of thiazole rings is 1. The molecule has 0 amide bonds. The number of thioether (sulfide) groups is 1. The van der Waals surface area contributed by atoms with Crippen molar-refractivity contribution in [2.24, 2.45) is 5.73 Å². The van der Waals surface area contributed by atoms with Crippen molar-refractivity contribution in [3.63, 3.8) is 0 Å². The SMILES string of the molecule is Cc1csc(SCCOc2ccc(CCN)cc2)n1.